The first kappa shape index (κ1) is 14.8. The first-order valence-corrected chi connectivity index (χ1v) is 5.28. The summed E-state index contributed by atoms with van der Waals surface area (Å²) in [5, 5.41) is 0. The Kier molecular flexibility index (Phi) is 7.04. The molecule has 0 rings (SSSR count). The minimum atomic E-state index is -1.18. The van der Waals surface area contributed by atoms with E-state index in [1.807, 2.05) is 13.8 Å². The zero-order valence-electron chi connectivity index (χ0n) is 10.2. The van der Waals surface area contributed by atoms with E-state index in [-0.39, 0.29) is 12.0 Å². The molecule has 15 heavy (non-hydrogen) atoms. The molecule has 0 saturated carbocycles. The number of nitrogens with two attached hydrogens (primary N) is 2. The largest absolute Gasteiger partial charge is 0.381 e. The maximum Gasteiger partial charge on any atom is 0.231 e. The van der Waals surface area contributed by atoms with Gasteiger partial charge in [0.05, 0.1) is 12.5 Å². The van der Waals surface area contributed by atoms with Crippen molar-refractivity contribution in [2.24, 2.45) is 17.4 Å². The summed E-state index contributed by atoms with van der Waals surface area (Å²) in [6.07, 6.45) is 0.795. The molecule has 0 amide bonds. The van der Waals surface area contributed by atoms with Gasteiger partial charge in [0.15, 0.2) is 0 Å². The summed E-state index contributed by atoms with van der Waals surface area (Å²) < 4.78 is 15.7. The molecule has 0 aromatic carbocycles. The van der Waals surface area contributed by atoms with Crippen LogP contribution in [0.15, 0.2) is 0 Å². The van der Waals surface area contributed by atoms with Crippen LogP contribution in [0.1, 0.15) is 20.3 Å². The molecule has 0 aliphatic rings. The minimum Gasteiger partial charge on any atom is -0.381 e. The minimum absolute atomic E-state index is 0.110. The van der Waals surface area contributed by atoms with Gasteiger partial charge >= 0.3 is 0 Å². The van der Waals surface area contributed by atoms with Crippen molar-refractivity contribution >= 4 is 0 Å². The van der Waals surface area contributed by atoms with E-state index in [4.69, 9.17) is 25.7 Å². The van der Waals surface area contributed by atoms with Crippen molar-refractivity contribution in [1.29, 1.82) is 0 Å². The van der Waals surface area contributed by atoms with Crippen LogP contribution in [-0.4, -0.2) is 39.4 Å². The molecule has 0 spiro atoms. The van der Waals surface area contributed by atoms with Crippen molar-refractivity contribution in [2.45, 2.75) is 32.2 Å². The van der Waals surface area contributed by atoms with E-state index < -0.39 is 5.91 Å². The number of hydrogen-bond acceptors (Lipinski definition) is 5. The van der Waals surface area contributed by atoms with E-state index in [1.165, 1.54) is 14.2 Å². The van der Waals surface area contributed by atoms with Crippen LogP contribution in [0.2, 0.25) is 0 Å². The predicted octanol–water partition coefficient (Wildman–Crippen LogP) is 0.282. The van der Waals surface area contributed by atoms with Gasteiger partial charge in [0.25, 0.3) is 0 Å². The summed E-state index contributed by atoms with van der Waals surface area (Å²) in [4.78, 5) is 0. The molecule has 0 aliphatic carbocycles. The molecule has 2 unspecified atom stereocenters. The van der Waals surface area contributed by atoms with E-state index in [9.17, 15) is 0 Å². The maximum atomic E-state index is 5.98. The van der Waals surface area contributed by atoms with Gasteiger partial charge in [0.1, 0.15) is 0 Å². The average molecular weight is 220 g/mol. The highest BCUT2D eigenvalue weighted by molar-refractivity contribution is 4.82. The van der Waals surface area contributed by atoms with Gasteiger partial charge < -0.3 is 19.9 Å². The summed E-state index contributed by atoms with van der Waals surface area (Å²) in [6, 6.07) is -0.110. The molecule has 92 valence electrons. The zero-order valence-corrected chi connectivity index (χ0v) is 10.2. The average Bonchev–Trinajstić information content (AvgIpc) is 2.28. The fourth-order valence-corrected chi connectivity index (χ4v) is 1.45. The van der Waals surface area contributed by atoms with Gasteiger partial charge in [-0.25, -0.2) is 0 Å². The quantitative estimate of drug-likeness (QED) is 0.574. The van der Waals surface area contributed by atoms with Crippen LogP contribution in [0.5, 0.6) is 0 Å². The Morgan fingerprint density at radius 3 is 2.07 bits per heavy atom. The third-order valence-corrected chi connectivity index (χ3v) is 2.64. The van der Waals surface area contributed by atoms with Crippen LogP contribution in [0.4, 0.5) is 0 Å². The molecule has 5 heteroatoms. The Morgan fingerprint density at radius 1 is 1.20 bits per heavy atom. The lowest BCUT2D eigenvalue weighted by Crippen LogP contribution is -2.58. The lowest BCUT2D eigenvalue weighted by molar-refractivity contribution is -0.248. The van der Waals surface area contributed by atoms with Crippen LogP contribution in [0.3, 0.4) is 0 Å². The molecule has 0 aromatic heterocycles. The Labute approximate surface area is 92.0 Å². The highest BCUT2D eigenvalue weighted by Crippen LogP contribution is 2.21. The third kappa shape index (κ3) is 4.04. The van der Waals surface area contributed by atoms with Crippen molar-refractivity contribution in [3.8, 4) is 0 Å². The molecule has 0 saturated heterocycles. The Hall–Kier alpha value is -0.200. The predicted molar refractivity (Wildman–Crippen MR) is 59.2 cm³/mol. The number of ether oxygens (including phenoxy) is 3. The van der Waals surface area contributed by atoms with Gasteiger partial charge in [-0.3, -0.25) is 5.73 Å². The second kappa shape index (κ2) is 7.14. The van der Waals surface area contributed by atoms with Crippen molar-refractivity contribution in [3.63, 3.8) is 0 Å². The summed E-state index contributed by atoms with van der Waals surface area (Å²) in [7, 11) is 3.01. The van der Waals surface area contributed by atoms with E-state index in [1.54, 1.807) is 0 Å². The molecule has 0 bridgehead atoms. The van der Waals surface area contributed by atoms with Crippen LogP contribution in [0.25, 0.3) is 0 Å². The third-order valence-electron chi connectivity index (χ3n) is 2.64. The maximum absolute atomic E-state index is 5.98. The van der Waals surface area contributed by atoms with Crippen LogP contribution >= 0.6 is 0 Å². The molecule has 5 nitrogen and oxygen atoms in total. The fraction of sp³-hybridized carbons (Fsp3) is 1.00. The molecule has 4 N–H and O–H groups in total. The topological polar surface area (TPSA) is 79.7 Å². The highest BCUT2D eigenvalue weighted by Gasteiger charge is 2.39. The first-order chi connectivity index (χ1) is 7.05. The second-order valence-electron chi connectivity index (χ2n) is 3.47. The van der Waals surface area contributed by atoms with Gasteiger partial charge in [0, 0.05) is 26.9 Å². The summed E-state index contributed by atoms with van der Waals surface area (Å²) >= 11 is 0. The summed E-state index contributed by atoms with van der Waals surface area (Å²) in [5.41, 5.74) is 11.9. The molecule has 0 heterocycles. The van der Waals surface area contributed by atoms with Crippen LogP contribution in [0, 0.1) is 5.92 Å². The molecule has 0 aromatic rings. The number of rotatable bonds is 8. The second-order valence-corrected chi connectivity index (χ2v) is 3.47. The Balaban J connectivity index is 4.58. The molecule has 0 fully saturated rings. The molecule has 0 aliphatic heterocycles. The van der Waals surface area contributed by atoms with Crippen molar-refractivity contribution in [3.05, 3.63) is 0 Å². The van der Waals surface area contributed by atoms with Crippen molar-refractivity contribution < 1.29 is 14.2 Å². The Morgan fingerprint density at radius 2 is 1.73 bits per heavy atom. The lowest BCUT2D eigenvalue weighted by atomic mass is 9.95. The standard InChI is InChI=1S/C10H24N2O3/c1-5-9(11)8(7-15-6-2)10(12,13-3)14-4/h8-9H,5-7,11-12H2,1-4H3. The zero-order chi connectivity index (χ0) is 11.9. The van der Waals surface area contributed by atoms with Gasteiger partial charge in [-0.15, -0.1) is 0 Å². The fourth-order valence-electron chi connectivity index (χ4n) is 1.45. The van der Waals surface area contributed by atoms with Gasteiger partial charge in [-0.2, -0.15) is 0 Å². The summed E-state index contributed by atoms with van der Waals surface area (Å²) in [6.45, 7) is 4.97. The van der Waals surface area contributed by atoms with E-state index in [0.717, 1.165) is 6.42 Å². The number of methoxy groups -OCH3 is 2. The number of hydrogen-bond donors (Lipinski definition) is 2. The molecule has 2 atom stereocenters. The van der Waals surface area contributed by atoms with Crippen molar-refractivity contribution in [1.82, 2.24) is 0 Å². The van der Waals surface area contributed by atoms with Crippen molar-refractivity contribution in [2.75, 3.05) is 27.4 Å². The van der Waals surface area contributed by atoms with E-state index in [0.29, 0.717) is 13.2 Å². The smallest absolute Gasteiger partial charge is 0.231 e. The van der Waals surface area contributed by atoms with Crippen LogP contribution in [-0.2, 0) is 14.2 Å². The molecular weight excluding hydrogens is 196 g/mol. The summed E-state index contributed by atoms with van der Waals surface area (Å²) in [5.74, 6) is -1.36. The molecule has 0 radical (unpaired) electrons. The highest BCUT2D eigenvalue weighted by atomic mass is 16.7. The van der Waals surface area contributed by atoms with E-state index >= 15 is 0 Å². The van der Waals surface area contributed by atoms with E-state index in [2.05, 4.69) is 0 Å². The Bertz CT molecular complexity index is 163. The SMILES string of the molecule is CCOCC(C(N)CC)C(N)(OC)OC. The van der Waals surface area contributed by atoms with Crippen LogP contribution < -0.4 is 11.5 Å². The molecular formula is C10H24N2O3. The first-order valence-electron chi connectivity index (χ1n) is 5.28. The monoisotopic (exact) mass is 220 g/mol. The lowest BCUT2D eigenvalue weighted by Gasteiger charge is -2.37. The van der Waals surface area contributed by atoms with Gasteiger partial charge in [0.2, 0.25) is 5.91 Å². The van der Waals surface area contributed by atoms with Gasteiger partial charge in [-0.05, 0) is 13.3 Å². The van der Waals surface area contributed by atoms with Gasteiger partial charge in [-0.1, -0.05) is 6.92 Å². The normalized spacial score (nSPS) is 16.4.